The summed E-state index contributed by atoms with van der Waals surface area (Å²) >= 11 is 0. The summed E-state index contributed by atoms with van der Waals surface area (Å²) in [5, 5.41) is 0. The number of hydrogen-bond acceptors (Lipinski definition) is 1. The Labute approximate surface area is 86.4 Å². The van der Waals surface area contributed by atoms with E-state index in [1.54, 1.807) is 6.08 Å². The lowest BCUT2D eigenvalue weighted by molar-refractivity contribution is 0.360. The van der Waals surface area contributed by atoms with Gasteiger partial charge < -0.3 is 4.74 Å². The van der Waals surface area contributed by atoms with Crippen molar-refractivity contribution < 1.29 is 4.74 Å². The van der Waals surface area contributed by atoms with Gasteiger partial charge in [-0.1, -0.05) is 12.7 Å². The average Bonchev–Trinajstić information content (AvgIpc) is 2.18. The molecule has 0 aromatic heterocycles. The molecule has 0 spiro atoms. The molecule has 0 amide bonds. The molecule has 0 saturated carbocycles. The standard InChI is InChI=1S/C13H18O/c1-6-7-14-13-8-9(2)10(3)11(4)12(13)5/h6,8H,1,7H2,2-5H3. The Morgan fingerprint density at radius 1 is 1.14 bits per heavy atom. The van der Waals surface area contributed by atoms with Gasteiger partial charge in [-0.2, -0.15) is 0 Å². The Balaban J connectivity index is 3.12. The molecule has 0 radical (unpaired) electrons. The third kappa shape index (κ3) is 1.98. The van der Waals surface area contributed by atoms with Crippen LogP contribution in [0.25, 0.3) is 0 Å². The van der Waals surface area contributed by atoms with Gasteiger partial charge in [-0.05, 0) is 56.0 Å². The summed E-state index contributed by atoms with van der Waals surface area (Å²) in [6.45, 7) is 12.7. The minimum atomic E-state index is 0.572. The third-order valence-electron chi connectivity index (χ3n) is 2.79. The van der Waals surface area contributed by atoms with Gasteiger partial charge >= 0.3 is 0 Å². The van der Waals surface area contributed by atoms with Crippen LogP contribution in [-0.4, -0.2) is 6.61 Å². The van der Waals surface area contributed by atoms with Gasteiger partial charge in [-0.25, -0.2) is 0 Å². The van der Waals surface area contributed by atoms with E-state index in [1.807, 2.05) is 0 Å². The number of rotatable bonds is 3. The minimum Gasteiger partial charge on any atom is -0.489 e. The molecule has 1 heteroatoms. The highest BCUT2D eigenvalue weighted by atomic mass is 16.5. The summed E-state index contributed by atoms with van der Waals surface area (Å²) in [6.07, 6.45) is 1.77. The van der Waals surface area contributed by atoms with Crippen molar-refractivity contribution in [1.29, 1.82) is 0 Å². The fraction of sp³-hybridized carbons (Fsp3) is 0.385. The molecule has 0 aliphatic rings. The van der Waals surface area contributed by atoms with Gasteiger partial charge in [-0.3, -0.25) is 0 Å². The minimum absolute atomic E-state index is 0.572. The zero-order chi connectivity index (χ0) is 10.7. The summed E-state index contributed by atoms with van der Waals surface area (Å²) in [5.74, 6) is 0.977. The van der Waals surface area contributed by atoms with Gasteiger partial charge in [0, 0.05) is 0 Å². The van der Waals surface area contributed by atoms with Crippen LogP contribution < -0.4 is 4.74 Å². The zero-order valence-corrected chi connectivity index (χ0v) is 9.48. The molecule has 0 heterocycles. The maximum Gasteiger partial charge on any atom is 0.123 e. The lowest BCUT2D eigenvalue weighted by Gasteiger charge is -2.14. The van der Waals surface area contributed by atoms with Crippen LogP contribution >= 0.6 is 0 Å². The summed E-state index contributed by atoms with van der Waals surface area (Å²) < 4.78 is 5.58. The topological polar surface area (TPSA) is 9.23 Å². The molecule has 0 unspecified atom stereocenters. The molecular weight excluding hydrogens is 172 g/mol. The summed E-state index contributed by atoms with van der Waals surface area (Å²) in [6, 6.07) is 2.10. The number of benzene rings is 1. The quantitative estimate of drug-likeness (QED) is 0.663. The first kappa shape index (κ1) is 10.8. The van der Waals surface area contributed by atoms with E-state index in [2.05, 4.69) is 40.3 Å². The largest absolute Gasteiger partial charge is 0.489 e. The van der Waals surface area contributed by atoms with Crippen molar-refractivity contribution in [3.63, 3.8) is 0 Å². The normalized spacial score (nSPS) is 10.0. The Bertz CT molecular complexity index is 351. The molecule has 76 valence electrons. The molecule has 14 heavy (non-hydrogen) atoms. The Hall–Kier alpha value is -1.24. The van der Waals surface area contributed by atoms with Gasteiger partial charge in [-0.15, -0.1) is 0 Å². The smallest absolute Gasteiger partial charge is 0.123 e. The van der Waals surface area contributed by atoms with Crippen molar-refractivity contribution in [2.75, 3.05) is 6.61 Å². The second-order valence-electron chi connectivity index (χ2n) is 3.67. The molecule has 0 atom stereocenters. The van der Waals surface area contributed by atoms with Crippen molar-refractivity contribution in [2.45, 2.75) is 27.7 Å². The molecule has 0 aliphatic heterocycles. The van der Waals surface area contributed by atoms with Crippen LogP contribution in [0, 0.1) is 27.7 Å². The van der Waals surface area contributed by atoms with Gasteiger partial charge in [0.1, 0.15) is 12.4 Å². The Morgan fingerprint density at radius 3 is 2.36 bits per heavy atom. The predicted molar refractivity (Wildman–Crippen MR) is 61.1 cm³/mol. The van der Waals surface area contributed by atoms with E-state index in [4.69, 9.17) is 4.74 Å². The molecule has 1 aromatic rings. The van der Waals surface area contributed by atoms with Crippen LogP contribution in [0.2, 0.25) is 0 Å². The van der Waals surface area contributed by atoms with Crippen molar-refractivity contribution in [3.8, 4) is 5.75 Å². The number of ether oxygens (including phenoxy) is 1. The van der Waals surface area contributed by atoms with E-state index in [0.717, 1.165) is 5.75 Å². The maximum absolute atomic E-state index is 5.58. The van der Waals surface area contributed by atoms with Crippen molar-refractivity contribution in [2.24, 2.45) is 0 Å². The first-order valence-electron chi connectivity index (χ1n) is 4.89. The summed E-state index contributed by atoms with van der Waals surface area (Å²) in [7, 11) is 0. The van der Waals surface area contributed by atoms with E-state index in [1.165, 1.54) is 22.3 Å². The molecule has 0 bridgehead atoms. The average molecular weight is 190 g/mol. The molecular formula is C13H18O. The van der Waals surface area contributed by atoms with Gasteiger partial charge in [0.05, 0.1) is 0 Å². The molecule has 0 N–H and O–H groups in total. The Morgan fingerprint density at radius 2 is 1.79 bits per heavy atom. The lowest BCUT2D eigenvalue weighted by atomic mass is 9.99. The SMILES string of the molecule is C=CCOc1cc(C)c(C)c(C)c1C. The van der Waals surface area contributed by atoms with E-state index in [9.17, 15) is 0 Å². The van der Waals surface area contributed by atoms with Crippen LogP contribution in [0.5, 0.6) is 5.75 Å². The fourth-order valence-corrected chi connectivity index (χ4v) is 1.47. The lowest BCUT2D eigenvalue weighted by Crippen LogP contribution is -1.99. The molecule has 1 aromatic carbocycles. The summed E-state index contributed by atoms with van der Waals surface area (Å²) in [5.41, 5.74) is 5.19. The van der Waals surface area contributed by atoms with E-state index in [-0.39, 0.29) is 0 Å². The van der Waals surface area contributed by atoms with Crippen LogP contribution in [0.15, 0.2) is 18.7 Å². The summed E-state index contributed by atoms with van der Waals surface area (Å²) in [4.78, 5) is 0. The van der Waals surface area contributed by atoms with Crippen molar-refractivity contribution in [3.05, 3.63) is 41.0 Å². The third-order valence-corrected chi connectivity index (χ3v) is 2.79. The van der Waals surface area contributed by atoms with Crippen LogP contribution in [0.1, 0.15) is 22.3 Å². The molecule has 1 nitrogen and oxygen atoms in total. The van der Waals surface area contributed by atoms with E-state index < -0.39 is 0 Å². The van der Waals surface area contributed by atoms with Gasteiger partial charge in [0.25, 0.3) is 0 Å². The first-order chi connectivity index (χ1) is 6.57. The predicted octanol–water partition coefficient (Wildman–Crippen LogP) is 3.49. The highest BCUT2D eigenvalue weighted by Crippen LogP contribution is 2.26. The molecule has 1 rings (SSSR count). The van der Waals surface area contributed by atoms with Crippen molar-refractivity contribution in [1.82, 2.24) is 0 Å². The maximum atomic E-state index is 5.58. The van der Waals surface area contributed by atoms with Crippen LogP contribution in [0.4, 0.5) is 0 Å². The Kier molecular flexibility index (Phi) is 3.34. The molecule has 0 fully saturated rings. The van der Waals surface area contributed by atoms with Crippen molar-refractivity contribution >= 4 is 0 Å². The fourth-order valence-electron chi connectivity index (χ4n) is 1.47. The van der Waals surface area contributed by atoms with E-state index >= 15 is 0 Å². The highest BCUT2D eigenvalue weighted by Gasteiger charge is 2.07. The van der Waals surface area contributed by atoms with Gasteiger partial charge in [0.2, 0.25) is 0 Å². The number of hydrogen-bond donors (Lipinski definition) is 0. The first-order valence-corrected chi connectivity index (χ1v) is 4.89. The number of aryl methyl sites for hydroxylation is 1. The van der Waals surface area contributed by atoms with E-state index in [0.29, 0.717) is 6.61 Å². The highest BCUT2D eigenvalue weighted by molar-refractivity contribution is 5.47. The van der Waals surface area contributed by atoms with Crippen LogP contribution in [0.3, 0.4) is 0 Å². The molecule has 0 saturated heterocycles. The van der Waals surface area contributed by atoms with Crippen LogP contribution in [-0.2, 0) is 0 Å². The monoisotopic (exact) mass is 190 g/mol. The van der Waals surface area contributed by atoms with Gasteiger partial charge in [0.15, 0.2) is 0 Å². The second-order valence-corrected chi connectivity index (χ2v) is 3.67. The molecule has 0 aliphatic carbocycles. The second kappa shape index (κ2) is 4.32. The zero-order valence-electron chi connectivity index (χ0n) is 9.48.